The van der Waals surface area contributed by atoms with Crippen molar-refractivity contribution < 1.29 is 19.1 Å². The van der Waals surface area contributed by atoms with Crippen LogP contribution in [0.2, 0.25) is 0 Å². The topological polar surface area (TPSA) is 59.1 Å². The molecule has 0 saturated heterocycles. The molecule has 6 nitrogen and oxygen atoms in total. The number of methoxy groups -OCH3 is 1. The second-order valence-corrected chi connectivity index (χ2v) is 10.8. The second-order valence-electron chi connectivity index (χ2n) is 10.8. The minimum atomic E-state index is -0.625. The highest BCUT2D eigenvalue weighted by molar-refractivity contribution is 6.12. The summed E-state index contributed by atoms with van der Waals surface area (Å²) >= 11 is 0. The van der Waals surface area contributed by atoms with Gasteiger partial charge >= 0.3 is 6.09 Å². The van der Waals surface area contributed by atoms with Crippen molar-refractivity contribution in [2.45, 2.75) is 46.6 Å². The van der Waals surface area contributed by atoms with E-state index in [2.05, 4.69) is 24.3 Å². The monoisotopic (exact) mass is 526 g/mol. The molecule has 0 atom stereocenters. The molecule has 1 aliphatic heterocycles. The van der Waals surface area contributed by atoms with Gasteiger partial charge in [0.2, 0.25) is 0 Å². The first kappa shape index (κ1) is 28.0. The number of amides is 2. The summed E-state index contributed by atoms with van der Waals surface area (Å²) in [6, 6.07) is 24.3. The number of anilines is 1. The first-order chi connectivity index (χ1) is 18.6. The number of ether oxygens (including phenoxy) is 2. The minimum Gasteiger partial charge on any atom is -0.495 e. The summed E-state index contributed by atoms with van der Waals surface area (Å²) < 4.78 is 11.3. The third kappa shape index (κ3) is 6.51. The van der Waals surface area contributed by atoms with E-state index in [1.807, 2.05) is 83.1 Å². The van der Waals surface area contributed by atoms with E-state index in [9.17, 15) is 9.59 Å². The number of rotatable bonds is 6. The van der Waals surface area contributed by atoms with Crippen molar-refractivity contribution in [1.29, 1.82) is 0 Å². The maximum Gasteiger partial charge on any atom is 0.410 e. The summed E-state index contributed by atoms with van der Waals surface area (Å²) in [7, 11) is 1.61. The van der Waals surface area contributed by atoms with Gasteiger partial charge in [0.05, 0.1) is 19.3 Å². The molecule has 1 heterocycles. The van der Waals surface area contributed by atoms with Crippen molar-refractivity contribution in [3.63, 3.8) is 0 Å². The van der Waals surface area contributed by atoms with Gasteiger partial charge in [0.25, 0.3) is 5.91 Å². The summed E-state index contributed by atoms with van der Waals surface area (Å²) in [5, 5.41) is 0. The van der Waals surface area contributed by atoms with Crippen molar-refractivity contribution in [1.82, 2.24) is 4.90 Å². The number of nitrogens with zero attached hydrogens (tertiary/aromatic N) is 2. The van der Waals surface area contributed by atoms with Crippen molar-refractivity contribution in [3.05, 3.63) is 89.5 Å². The largest absolute Gasteiger partial charge is 0.495 e. The zero-order chi connectivity index (χ0) is 28.2. The summed E-state index contributed by atoms with van der Waals surface area (Å²) in [5.74, 6) is 0.492. The minimum absolute atomic E-state index is 0.145. The van der Waals surface area contributed by atoms with Gasteiger partial charge < -0.3 is 19.3 Å². The standard InChI is InChI=1S/C33H38N2O4/c1-7-35(29-17-16-23(2)20-30(29)38-6)31(36)28-22-34(32(37)39-33(3,4)5)19-18-27(28)26-15-11-14-25(21-26)24-12-9-8-10-13-24/h8-17,20-21H,7,18-19,22H2,1-6H3. The number of hydrogen-bond acceptors (Lipinski definition) is 4. The van der Waals surface area contributed by atoms with E-state index in [1.54, 1.807) is 16.9 Å². The molecule has 3 aromatic carbocycles. The van der Waals surface area contributed by atoms with Crippen LogP contribution < -0.4 is 9.64 Å². The number of benzene rings is 3. The van der Waals surface area contributed by atoms with E-state index >= 15 is 0 Å². The molecule has 1 aliphatic rings. The summed E-state index contributed by atoms with van der Waals surface area (Å²) in [6.45, 7) is 10.6. The van der Waals surface area contributed by atoms with Crippen LogP contribution >= 0.6 is 0 Å². The number of hydrogen-bond donors (Lipinski definition) is 0. The van der Waals surface area contributed by atoms with E-state index in [1.165, 1.54) is 0 Å². The van der Waals surface area contributed by atoms with Crippen LogP contribution in [0.25, 0.3) is 16.7 Å². The lowest BCUT2D eigenvalue weighted by Gasteiger charge is -2.34. The second kappa shape index (κ2) is 11.8. The van der Waals surface area contributed by atoms with Gasteiger partial charge in [-0.25, -0.2) is 4.79 Å². The predicted molar refractivity (Wildman–Crippen MR) is 157 cm³/mol. The highest BCUT2D eigenvalue weighted by Crippen LogP contribution is 2.35. The molecule has 6 heteroatoms. The molecule has 0 fully saturated rings. The van der Waals surface area contributed by atoms with E-state index in [0.717, 1.165) is 27.8 Å². The van der Waals surface area contributed by atoms with Crippen LogP contribution in [0.5, 0.6) is 5.75 Å². The Kier molecular flexibility index (Phi) is 8.44. The first-order valence-corrected chi connectivity index (χ1v) is 13.4. The number of aryl methyl sites for hydroxylation is 1. The van der Waals surface area contributed by atoms with E-state index in [-0.39, 0.29) is 12.5 Å². The number of likely N-dealkylation sites (N-methyl/N-ethyl adjacent to an activating group) is 1. The lowest BCUT2D eigenvalue weighted by atomic mass is 9.90. The molecule has 0 saturated carbocycles. The Morgan fingerprint density at radius 3 is 2.28 bits per heavy atom. The molecule has 0 N–H and O–H groups in total. The normalized spacial score (nSPS) is 13.7. The van der Waals surface area contributed by atoms with Gasteiger partial charge in [-0.1, -0.05) is 54.6 Å². The Balaban J connectivity index is 1.80. The summed E-state index contributed by atoms with van der Waals surface area (Å²) in [6.07, 6.45) is 0.127. The van der Waals surface area contributed by atoms with Gasteiger partial charge in [-0.3, -0.25) is 4.79 Å². The number of carbonyl (C=O) groups excluding carboxylic acids is 2. The van der Waals surface area contributed by atoms with Crippen LogP contribution in [-0.4, -0.2) is 49.2 Å². The Hall–Kier alpha value is -4.06. The predicted octanol–water partition coefficient (Wildman–Crippen LogP) is 7.12. The molecule has 0 unspecified atom stereocenters. The molecule has 3 aromatic rings. The molecule has 0 spiro atoms. The molecule has 4 rings (SSSR count). The Morgan fingerprint density at radius 2 is 1.62 bits per heavy atom. The lowest BCUT2D eigenvalue weighted by Crippen LogP contribution is -2.44. The fourth-order valence-corrected chi connectivity index (χ4v) is 4.87. The Bertz CT molecular complexity index is 1370. The van der Waals surface area contributed by atoms with Crippen LogP contribution in [-0.2, 0) is 9.53 Å². The fraction of sp³-hybridized carbons (Fsp3) is 0.333. The summed E-state index contributed by atoms with van der Waals surface area (Å²) in [5.41, 5.74) is 5.83. The maximum absolute atomic E-state index is 14.3. The van der Waals surface area contributed by atoms with Crippen LogP contribution in [0.1, 0.15) is 45.2 Å². The van der Waals surface area contributed by atoms with Gasteiger partial charge in [-0.2, -0.15) is 0 Å². The molecule has 0 radical (unpaired) electrons. The van der Waals surface area contributed by atoms with Crippen LogP contribution in [0, 0.1) is 6.92 Å². The highest BCUT2D eigenvalue weighted by atomic mass is 16.6. The maximum atomic E-state index is 14.3. The van der Waals surface area contributed by atoms with E-state index < -0.39 is 11.7 Å². The zero-order valence-electron chi connectivity index (χ0n) is 23.8. The van der Waals surface area contributed by atoms with Crippen LogP contribution in [0.3, 0.4) is 0 Å². The van der Waals surface area contributed by atoms with Crippen molar-refractivity contribution >= 4 is 23.3 Å². The van der Waals surface area contributed by atoms with E-state index in [0.29, 0.717) is 36.5 Å². The fourth-order valence-electron chi connectivity index (χ4n) is 4.87. The molecular formula is C33H38N2O4. The molecule has 2 amide bonds. The van der Waals surface area contributed by atoms with Gasteiger partial charge in [0.15, 0.2) is 0 Å². The average molecular weight is 527 g/mol. The summed E-state index contributed by atoms with van der Waals surface area (Å²) in [4.78, 5) is 30.7. The molecule has 39 heavy (non-hydrogen) atoms. The quantitative estimate of drug-likeness (QED) is 0.343. The average Bonchev–Trinajstić information content (AvgIpc) is 2.93. The molecule has 0 aliphatic carbocycles. The van der Waals surface area contributed by atoms with Gasteiger partial charge in [0.1, 0.15) is 11.4 Å². The lowest BCUT2D eigenvalue weighted by molar-refractivity contribution is -0.115. The SMILES string of the molecule is CCN(C(=O)C1=C(c2cccc(-c3ccccc3)c2)CCN(C(=O)OC(C)(C)C)C1)c1ccc(C)cc1OC. The van der Waals surface area contributed by atoms with Gasteiger partial charge in [-0.05, 0) is 87.1 Å². The molecule has 204 valence electrons. The van der Waals surface area contributed by atoms with Gasteiger partial charge in [0, 0.05) is 18.7 Å². The molecule has 0 bridgehead atoms. The first-order valence-electron chi connectivity index (χ1n) is 13.4. The third-order valence-corrected chi connectivity index (χ3v) is 6.76. The van der Waals surface area contributed by atoms with Crippen molar-refractivity contribution in [3.8, 4) is 16.9 Å². The molecular weight excluding hydrogens is 488 g/mol. The van der Waals surface area contributed by atoms with Crippen molar-refractivity contribution in [2.24, 2.45) is 0 Å². The van der Waals surface area contributed by atoms with Crippen molar-refractivity contribution in [2.75, 3.05) is 31.6 Å². The Labute approximate surface area is 231 Å². The zero-order valence-corrected chi connectivity index (χ0v) is 23.8. The smallest absolute Gasteiger partial charge is 0.410 e. The number of carbonyl (C=O) groups is 2. The highest BCUT2D eigenvalue weighted by Gasteiger charge is 2.33. The Morgan fingerprint density at radius 1 is 0.923 bits per heavy atom. The van der Waals surface area contributed by atoms with E-state index in [4.69, 9.17) is 9.47 Å². The van der Waals surface area contributed by atoms with Crippen LogP contribution in [0.15, 0.2) is 78.4 Å². The third-order valence-electron chi connectivity index (χ3n) is 6.76. The van der Waals surface area contributed by atoms with Gasteiger partial charge in [-0.15, -0.1) is 0 Å². The molecule has 0 aromatic heterocycles. The van der Waals surface area contributed by atoms with Crippen LogP contribution in [0.4, 0.5) is 10.5 Å².